The van der Waals surface area contributed by atoms with Crippen LogP contribution in [0, 0.1) is 11.7 Å². The Morgan fingerprint density at radius 3 is 2.60 bits per heavy atom. The fourth-order valence-electron chi connectivity index (χ4n) is 4.14. The van der Waals surface area contributed by atoms with Crippen LogP contribution in [-0.4, -0.2) is 55.1 Å². The minimum absolute atomic E-state index is 0.162. The molecule has 0 saturated carbocycles. The maximum Gasteiger partial charge on any atom is 0.258 e. The third-order valence-electron chi connectivity index (χ3n) is 5.69. The van der Waals surface area contributed by atoms with E-state index in [1.165, 1.54) is 25.3 Å². The fraction of sp³-hybridized carbons (Fsp3) is 0.391. The van der Waals surface area contributed by atoms with Crippen molar-refractivity contribution in [1.29, 1.82) is 0 Å². The van der Waals surface area contributed by atoms with Gasteiger partial charge in [0.05, 0.1) is 18.5 Å². The maximum atomic E-state index is 14.1. The lowest BCUT2D eigenvalue weighted by Crippen LogP contribution is -2.37. The number of nitrogens with zero attached hydrogens (tertiary/aromatic N) is 4. The van der Waals surface area contributed by atoms with Crippen LogP contribution in [0.15, 0.2) is 47.4 Å². The highest BCUT2D eigenvalue weighted by Gasteiger charge is 2.20. The Kier molecular flexibility index (Phi) is 5.72. The molecule has 0 N–H and O–H groups in total. The van der Waals surface area contributed by atoms with Crippen LogP contribution in [0.5, 0.6) is 5.75 Å². The van der Waals surface area contributed by atoms with Gasteiger partial charge in [-0.1, -0.05) is 0 Å². The van der Waals surface area contributed by atoms with Crippen molar-refractivity contribution >= 4 is 11.3 Å². The van der Waals surface area contributed by atoms with Gasteiger partial charge >= 0.3 is 0 Å². The van der Waals surface area contributed by atoms with Gasteiger partial charge in [0, 0.05) is 37.5 Å². The molecule has 4 rings (SSSR count). The Balaban J connectivity index is 1.59. The highest BCUT2D eigenvalue weighted by molar-refractivity contribution is 5.63. The summed E-state index contributed by atoms with van der Waals surface area (Å²) in [6, 6.07) is 9.88. The number of hydrogen-bond donors (Lipinski definition) is 0. The van der Waals surface area contributed by atoms with Gasteiger partial charge < -0.3 is 14.5 Å². The van der Waals surface area contributed by atoms with Gasteiger partial charge in [0.15, 0.2) is 11.6 Å². The van der Waals surface area contributed by atoms with Gasteiger partial charge in [-0.3, -0.25) is 9.20 Å². The zero-order valence-corrected chi connectivity index (χ0v) is 17.6. The van der Waals surface area contributed by atoms with E-state index < -0.39 is 5.82 Å². The molecule has 2 aromatic heterocycles. The summed E-state index contributed by atoms with van der Waals surface area (Å²) < 4.78 is 20.6. The molecule has 0 amide bonds. The lowest BCUT2D eigenvalue weighted by molar-refractivity contribution is 0.285. The predicted molar refractivity (Wildman–Crippen MR) is 117 cm³/mol. The standard InChI is InChI=1S/C23H27FN4O2/c1-26(2)14-16-8-10-27(11-9-16)18-5-7-22-25-20(13-23(29)28(22)15-18)17-4-6-21(30-3)19(24)12-17/h4-7,12-13,15-16H,8-11,14H2,1-3H3. The summed E-state index contributed by atoms with van der Waals surface area (Å²) in [6.45, 7) is 3.08. The SMILES string of the molecule is COc1ccc(-c2cc(=O)n3cc(N4CCC(CN(C)C)CC4)ccc3n2)cc1F. The Hall–Kier alpha value is -2.93. The van der Waals surface area contributed by atoms with Crippen LogP contribution in [0.3, 0.4) is 0 Å². The number of ether oxygens (including phenoxy) is 1. The number of hydrogen-bond acceptors (Lipinski definition) is 5. The summed E-state index contributed by atoms with van der Waals surface area (Å²) in [5.41, 5.74) is 2.37. The summed E-state index contributed by atoms with van der Waals surface area (Å²) in [5, 5.41) is 0. The van der Waals surface area contributed by atoms with Crippen LogP contribution in [0.25, 0.3) is 16.9 Å². The topological polar surface area (TPSA) is 50.1 Å². The molecule has 1 saturated heterocycles. The van der Waals surface area contributed by atoms with Crippen LogP contribution in [0.1, 0.15) is 12.8 Å². The van der Waals surface area contributed by atoms with E-state index >= 15 is 0 Å². The second-order valence-electron chi connectivity index (χ2n) is 8.14. The molecule has 0 aliphatic carbocycles. The fourth-order valence-corrected chi connectivity index (χ4v) is 4.14. The number of aromatic nitrogens is 2. The van der Waals surface area contributed by atoms with Crippen molar-refractivity contribution in [3.05, 3.63) is 58.8 Å². The molecule has 7 heteroatoms. The quantitative estimate of drug-likeness (QED) is 0.646. The lowest BCUT2D eigenvalue weighted by atomic mass is 9.96. The van der Waals surface area contributed by atoms with Crippen molar-refractivity contribution in [2.75, 3.05) is 45.7 Å². The number of anilines is 1. The molecular weight excluding hydrogens is 383 g/mol. The molecule has 1 aliphatic rings. The third-order valence-corrected chi connectivity index (χ3v) is 5.69. The minimum Gasteiger partial charge on any atom is -0.494 e. The predicted octanol–water partition coefficient (Wildman–Crippen LogP) is 3.29. The van der Waals surface area contributed by atoms with E-state index in [0.717, 1.165) is 38.2 Å². The molecule has 1 fully saturated rings. The van der Waals surface area contributed by atoms with Crippen LogP contribution in [0.4, 0.5) is 10.1 Å². The van der Waals surface area contributed by atoms with Gasteiger partial charge in [0.25, 0.3) is 5.56 Å². The van der Waals surface area contributed by atoms with Gasteiger partial charge in [-0.2, -0.15) is 0 Å². The van der Waals surface area contributed by atoms with Gasteiger partial charge in [0.2, 0.25) is 0 Å². The molecule has 0 radical (unpaired) electrons. The molecule has 30 heavy (non-hydrogen) atoms. The molecule has 0 spiro atoms. The van der Waals surface area contributed by atoms with Crippen LogP contribution < -0.4 is 15.2 Å². The van der Waals surface area contributed by atoms with Crippen LogP contribution in [-0.2, 0) is 0 Å². The van der Waals surface area contributed by atoms with E-state index in [4.69, 9.17) is 4.74 Å². The molecule has 0 atom stereocenters. The summed E-state index contributed by atoms with van der Waals surface area (Å²) in [4.78, 5) is 21.9. The summed E-state index contributed by atoms with van der Waals surface area (Å²) in [7, 11) is 5.65. The largest absolute Gasteiger partial charge is 0.494 e. The number of methoxy groups -OCH3 is 1. The third kappa shape index (κ3) is 4.16. The zero-order chi connectivity index (χ0) is 21.3. The van der Waals surface area contributed by atoms with Gasteiger partial charge in [0.1, 0.15) is 5.65 Å². The molecular formula is C23H27FN4O2. The van der Waals surface area contributed by atoms with E-state index in [1.54, 1.807) is 10.5 Å². The molecule has 158 valence electrons. The summed E-state index contributed by atoms with van der Waals surface area (Å²) in [6.07, 6.45) is 4.14. The highest BCUT2D eigenvalue weighted by Crippen LogP contribution is 2.26. The molecule has 6 nitrogen and oxygen atoms in total. The van der Waals surface area contributed by atoms with E-state index in [0.29, 0.717) is 22.8 Å². The smallest absolute Gasteiger partial charge is 0.258 e. The number of rotatable bonds is 5. The number of pyridine rings is 1. The van der Waals surface area contributed by atoms with Gasteiger partial charge in [-0.25, -0.2) is 9.37 Å². The van der Waals surface area contributed by atoms with Crippen molar-refractivity contribution in [2.24, 2.45) is 5.92 Å². The number of benzene rings is 1. The summed E-state index contributed by atoms with van der Waals surface area (Å²) >= 11 is 0. The van der Waals surface area contributed by atoms with Crippen molar-refractivity contribution < 1.29 is 9.13 Å². The zero-order valence-electron chi connectivity index (χ0n) is 17.6. The molecule has 3 aromatic rings. The Bertz CT molecular complexity index is 1100. The van der Waals surface area contributed by atoms with E-state index in [9.17, 15) is 9.18 Å². The normalized spacial score (nSPS) is 15.2. The van der Waals surface area contributed by atoms with Crippen LogP contribution in [0.2, 0.25) is 0 Å². The van der Waals surface area contributed by atoms with Crippen molar-refractivity contribution in [3.8, 4) is 17.0 Å². The first-order valence-corrected chi connectivity index (χ1v) is 10.2. The first kappa shape index (κ1) is 20.3. The lowest BCUT2D eigenvalue weighted by Gasteiger charge is -2.34. The number of fused-ring (bicyclic) bond motifs is 1. The number of piperidine rings is 1. The van der Waals surface area contributed by atoms with Crippen molar-refractivity contribution in [3.63, 3.8) is 0 Å². The van der Waals surface area contributed by atoms with E-state index in [-0.39, 0.29) is 11.3 Å². The second kappa shape index (κ2) is 8.44. The molecule has 0 unspecified atom stereocenters. The van der Waals surface area contributed by atoms with Gasteiger partial charge in [-0.05, 0) is 63.2 Å². The van der Waals surface area contributed by atoms with Crippen molar-refractivity contribution in [1.82, 2.24) is 14.3 Å². The first-order chi connectivity index (χ1) is 14.4. The Labute approximate surface area is 175 Å². The highest BCUT2D eigenvalue weighted by atomic mass is 19.1. The Morgan fingerprint density at radius 1 is 1.17 bits per heavy atom. The monoisotopic (exact) mass is 410 g/mol. The van der Waals surface area contributed by atoms with E-state index in [1.807, 2.05) is 18.3 Å². The number of halogens is 1. The molecule has 0 bridgehead atoms. The molecule has 1 aromatic carbocycles. The minimum atomic E-state index is -0.481. The van der Waals surface area contributed by atoms with Crippen LogP contribution >= 0.6 is 0 Å². The first-order valence-electron chi connectivity index (χ1n) is 10.2. The molecule has 1 aliphatic heterocycles. The second-order valence-corrected chi connectivity index (χ2v) is 8.14. The maximum absolute atomic E-state index is 14.1. The molecule has 3 heterocycles. The summed E-state index contributed by atoms with van der Waals surface area (Å²) in [5.74, 6) is 0.397. The Morgan fingerprint density at radius 2 is 1.93 bits per heavy atom. The van der Waals surface area contributed by atoms with E-state index in [2.05, 4.69) is 28.9 Å². The van der Waals surface area contributed by atoms with Crippen molar-refractivity contribution in [2.45, 2.75) is 12.8 Å². The van der Waals surface area contributed by atoms with Gasteiger partial charge in [-0.15, -0.1) is 0 Å². The average molecular weight is 410 g/mol. The average Bonchev–Trinajstić information content (AvgIpc) is 2.73.